The molecule has 3 N–H and O–H groups in total. The monoisotopic (exact) mass is 181 g/mol. The van der Waals surface area contributed by atoms with E-state index in [0.29, 0.717) is 19.6 Å². The highest BCUT2D eigenvalue weighted by Crippen LogP contribution is 1.72. The van der Waals surface area contributed by atoms with Crippen LogP contribution in [0.5, 0.6) is 0 Å². The topological polar surface area (TPSA) is 70.2 Å². The molecular weight excluding hydrogens is 166 g/mol. The zero-order chi connectivity index (χ0) is 8.74. The summed E-state index contributed by atoms with van der Waals surface area (Å²) in [5.74, 6) is 0. The van der Waals surface area contributed by atoms with Crippen LogP contribution in [0.4, 0.5) is 0 Å². The Morgan fingerprint density at radius 1 is 1.18 bits per heavy atom. The molecule has 6 heteroatoms. The Kier molecular flexibility index (Phi) is 5.39. The maximum atomic E-state index is 10.9. The van der Waals surface area contributed by atoms with Gasteiger partial charge in [0.05, 0.1) is 0 Å². The molecule has 68 valence electrons. The standard InChI is InChI=1S/C5H15N3O2S/c1-3-7-11(9,10)8-5-4-6-2/h6-8H,3-5H2,1-2H3. The predicted octanol–water partition coefficient (Wildman–Crippen LogP) is -1.35. The summed E-state index contributed by atoms with van der Waals surface area (Å²) in [5, 5.41) is 2.83. The third-order valence-electron chi connectivity index (χ3n) is 1.00. The fourth-order valence-electron chi connectivity index (χ4n) is 0.551. The van der Waals surface area contributed by atoms with E-state index in [1.54, 1.807) is 14.0 Å². The van der Waals surface area contributed by atoms with Gasteiger partial charge in [-0.05, 0) is 7.05 Å². The van der Waals surface area contributed by atoms with E-state index in [9.17, 15) is 8.42 Å². The predicted molar refractivity (Wildman–Crippen MR) is 44.5 cm³/mol. The van der Waals surface area contributed by atoms with Crippen molar-refractivity contribution in [3.05, 3.63) is 0 Å². The van der Waals surface area contributed by atoms with Gasteiger partial charge >= 0.3 is 0 Å². The number of likely N-dealkylation sites (N-methyl/N-ethyl adjacent to an activating group) is 1. The maximum absolute atomic E-state index is 10.9. The second-order valence-electron chi connectivity index (χ2n) is 2.00. The zero-order valence-electron chi connectivity index (χ0n) is 6.85. The van der Waals surface area contributed by atoms with Crippen molar-refractivity contribution < 1.29 is 8.42 Å². The number of nitrogens with one attached hydrogen (secondary N) is 3. The Morgan fingerprint density at radius 3 is 2.27 bits per heavy atom. The van der Waals surface area contributed by atoms with Gasteiger partial charge in [0.2, 0.25) is 0 Å². The second-order valence-corrected chi connectivity index (χ2v) is 3.58. The van der Waals surface area contributed by atoms with E-state index in [-0.39, 0.29) is 0 Å². The van der Waals surface area contributed by atoms with Crippen molar-refractivity contribution in [2.75, 3.05) is 26.7 Å². The van der Waals surface area contributed by atoms with Crippen molar-refractivity contribution in [1.29, 1.82) is 0 Å². The van der Waals surface area contributed by atoms with Crippen LogP contribution < -0.4 is 14.8 Å². The van der Waals surface area contributed by atoms with Gasteiger partial charge in [0, 0.05) is 19.6 Å². The Hall–Kier alpha value is -0.170. The average Bonchev–Trinajstić information content (AvgIpc) is 1.87. The molecule has 0 saturated carbocycles. The van der Waals surface area contributed by atoms with Gasteiger partial charge in [0.1, 0.15) is 0 Å². The Balaban J connectivity index is 3.56. The largest absolute Gasteiger partial charge is 0.318 e. The molecule has 0 bridgehead atoms. The lowest BCUT2D eigenvalue weighted by Crippen LogP contribution is -2.39. The molecule has 0 spiro atoms. The van der Waals surface area contributed by atoms with Crippen LogP contribution in [0.1, 0.15) is 6.92 Å². The van der Waals surface area contributed by atoms with E-state index in [2.05, 4.69) is 14.8 Å². The Bertz CT molecular complexity index is 178. The van der Waals surface area contributed by atoms with Gasteiger partial charge < -0.3 is 5.32 Å². The summed E-state index contributed by atoms with van der Waals surface area (Å²) in [6, 6.07) is 0. The van der Waals surface area contributed by atoms with Crippen LogP contribution in [0.25, 0.3) is 0 Å². The summed E-state index contributed by atoms with van der Waals surface area (Å²) in [4.78, 5) is 0. The number of hydrogen-bond donors (Lipinski definition) is 3. The second kappa shape index (κ2) is 5.48. The molecule has 0 saturated heterocycles. The lowest BCUT2D eigenvalue weighted by Gasteiger charge is -2.04. The molecule has 5 nitrogen and oxygen atoms in total. The summed E-state index contributed by atoms with van der Waals surface area (Å²) < 4.78 is 26.4. The van der Waals surface area contributed by atoms with Gasteiger partial charge in [-0.1, -0.05) is 6.92 Å². The molecule has 11 heavy (non-hydrogen) atoms. The van der Waals surface area contributed by atoms with Crippen LogP contribution in [0.15, 0.2) is 0 Å². The zero-order valence-corrected chi connectivity index (χ0v) is 7.66. The van der Waals surface area contributed by atoms with Crippen molar-refractivity contribution in [1.82, 2.24) is 14.8 Å². The van der Waals surface area contributed by atoms with E-state index in [4.69, 9.17) is 0 Å². The minimum absolute atomic E-state index is 0.409. The summed E-state index contributed by atoms with van der Waals surface area (Å²) in [7, 11) is -1.48. The van der Waals surface area contributed by atoms with Crippen LogP contribution in [-0.2, 0) is 10.2 Å². The highest BCUT2D eigenvalue weighted by atomic mass is 32.2. The molecule has 0 fully saturated rings. The minimum atomic E-state index is -3.24. The summed E-state index contributed by atoms with van der Waals surface area (Å²) in [6.45, 7) is 3.18. The first-order chi connectivity index (χ1) is 5.12. The van der Waals surface area contributed by atoms with E-state index in [0.717, 1.165) is 0 Å². The third kappa shape index (κ3) is 6.24. The lowest BCUT2D eigenvalue weighted by atomic mass is 10.7. The Labute approximate surface area is 67.7 Å². The fourth-order valence-corrected chi connectivity index (χ4v) is 1.40. The quantitative estimate of drug-likeness (QED) is 0.444. The molecule has 0 aromatic carbocycles. The first-order valence-corrected chi connectivity index (χ1v) is 4.99. The molecule has 0 aromatic rings. The van der Waals surface area contributed by atoms with Crippen LogP contribution in [0, 0.1) is 0 Å². The third-order valence-corrected chi connectivity index (χ3v) is 2.25. The van der Waals surface area contributed by atoms with Gasteiger partial charge in [-0.3, -0.25) is 0 Å². The average molecular weight is 181 g/mol. The van der Waals surface area contributed by atoms with E-state index >= 15 is 0 Å². The molecule has 0 heterocycles. The summed E-state index contributed by atoms with van der Waals surface area (Å²) in [6.07, 6.45) is 0. The molecule has 0 aliphatic carbocycles. The van der Waals surface area contributed by atoms with Crippen LogP contribution in [-0.4, -0.2) is 35.1 Å². The van der Waals surface area contributed by atoms with Gasteiger partial charge in [-0.15, -0.1) is 0 Å². The molecule has 0 atom stereocenters. The molecule has 0 radical (unpaired) electrons. The van der Waals surface area contributed by atoms with E-state index in [1.165, 1.54) is 0 Å². The van der Waals surface area contributed by atoms with Crippen molar-refractivity contribution in [2.24, 2.45) is 0 Å². The first kappa shape index (κ1) is 10.8. The maximum Gasteiger partial charge on any atom is 0.276 e. The molecule has 0 amide bonds. The van der Waals surface area contributed by atoms with Crippen LogP contribution >= 0.6 is 0 Å². The smallest absolute Gasteiger partial charge is 0.276 e. The molecule has 0 aliphatic heterocycles. The SMILES string of the molecule is CCNS(=O)(=O)NCCNC. The Morgan fingerprint density at radius 2 is 1.82 bits per heavy atom. The highest BCUT2D eigenvalue weighted by Gasteiger charge is 2.04. The summed E-state index contributed by atoms with van der Waals surface area (Å²) >= 11 is 0. The van der Waals surface area contributed by atoms with Gasteiger partial charge in [0.15, 0.2) is 0 Å². The molecular formula is C5H15N3O2S. The fraction of sp³-hybridized carbons (Fsp3) is 1.00. The van der Waals surface area contributed by atoms with E-state index in [1.807, 2.05) is 0 Å². The molecule has 0 aliphatic rings. The highest BCUT2D eigenvalue weighted by molar-refractivity contribution is 7.87. The van der Waals surface area contributed by atoms with Crippen LogP contribution in [0.2, 0.25) is 0 Å². The van der Waals surface area contributed by atoms with Crippen molar-refractivity contribution in [3.8, 4) is 0 Å². The van der Waals surface area contributed by atoms with Gasteiger partial charge in [-0.25, -0.2) is 9.44 Å². The first-order valence-electron chi connectivity index (χ1n) is 3.51. The lowest BCUT2D eigenvalue weighted by molar-refractivity contribution is 0.567. The van der Waals surface area contributed by atoms with Gasteiger partial charge in [0.25, 0.3) is 10.2 Å². The van der Waals surface area contributed by atoms with Crippen LogP contribution in [0.3, 0.4) is 0 Å². The van der Waals surface area contributed by atoms with Crippen molar-refractivity contribution in [3.63, 3.8) is 0 Å². The normalized spacial score (nSPS) is 11.8. The van der Waals surface area contributed by atoms with Crippen molar-refractivity contribution >= 4 is 10.2 Å². The summed E-state index contributed by atoms with van der Waals surface area (Å²) in [5.41, 5.74) is 0. The molecule has 0 unspecified atom stereocenters. The van der Waals surface area contributed by atoms with Crippen molar-refractivity contribution in [2.45, 2.75) is 6.92 Å². The molecule has 0 rings (SSSR count). The minimum Gasteiger partial charge on any atom is -0.318 e. The number of hydrogen-bond acceptors (Lipinski definition) is 3. The van der Waals surface area contributed by atoms with E-state index < -0.39 is 10.2 Å². The number of rotatable bonds is 6. The van der Waals surface area contributed by atoms with Gasteiger partial charge in [-0.2, -0.15) is 8.42 Å². The molecule has 0 aromatic heterocycles.